The third kappa shape index (κ3) is 7.66. The van der Waals surface area contributed by atoms with Gasteiger partial charge in [0.05, 0.1) is 36.7 Å². The number of imidazole rings is 1. The predicted octanol–water partition coefficient (Wildman–Crippen LogP) is 4.92. The zero-order valence-electron chi connectivity index (χ0n) is 26.3. The number of fused-ring (bicyclic) bond motifs is 1. The number of benzene rings is 1. The van der Waals surface area contributed by atoms with Gasteiger partial charge in [0.1, 0.15) is 17.5 Å². The van der Waals surface area contributed by atoms with Gasteiger partial charge in [-0.1, -0.05) is 12.1 Å². The fourth-order valence-electron chi connectivity index (χ4n) is 5.74. The van der Waals surface area contributed by atoms with Gasteiger partial charge in [-0.15, -0.1) is 5.10 Å². The van der Waals surface area contributed by atoms with Crippen molar-refractivity contribution < 1.29 is 32.2 Å². The number of nitrogens with zero attached hydrogens (tertiary/aromatic N) is 5. The first-order chi connectivity index (χ1) is 20.7. The molecule has 1 N–H and O–H groups in total. The van der Waals surface area contributed by atoms with Crippen molar-refractivity contribution in [2.75, 3.05) is 37.7 Å². The molecule has 3 aromatic rings. The minimum atomic E-state index is -4.49. The third-order valence-electron chi connectivity index (χ3n) is 7.99. The van der Waals surface area contributed by atoms with Gasteiger partial charge in [0.25, 0.3) is 0 Å². The van der Waals surface area contributed by atoms with Crippen molar-refractivity contribution >= 4 is 37.0 Å². The molecule has 4 heterocycles. The Morgan fingerprint density at radius 3 is 2.49 bits per heavy atom. The van der Waals surface area contributed by atoms with Gasteiger partial charge in [0.2, 0.25) is 5.91 Å². The standard InChI is InChI=1S/C31H39F3N6O4.H2S/c1-19-16-26(38-12-14-43-15-13-38)37-40-25(17-21-8-6-9-22(20(21)2)31(32,33)34)23(36-27(19)40)18-35-28(41)24-10-7-11-39(24)29(42)44-30(3,4)5;/h6,8-9,16,24H,7,10-15,17-18H2,1-5H3,(H,35,41);1H2/t24-;/m0./s1. The van der Waals surface area contributed by atoms with Gasteiger partial charge in [-0.25, -0.2) is 14.3 Å². The van der Waals surface area contributed by atoms with Crippen LogP contribution >= 0.6 is 13.5 Å². The number of amides is 2. The Labute approximate surface area is 267 Å². The average Bonchev–Trinajstić information content (AvgIpc) is 3.58. The maximum atomic E-state index is 13.8. The number of ether oxygens (including phenoxy) is 2. The number of aromatic nitrogens is 3. The Morgan fingerprint density at radius 2 is 1.82 bits per heavy atom. The van der Waals surface area contributed by atoms with E-state index in [1.54, 1.807) is 31.4 Å². The fourth-order valence-corrected chi connectivity index (χ4v) is 5.74. The molecule has 2 fully saturated rings. The highest BCUT2D eigenvalue weighted by atomic mass is 32.1. The van der Waals surface area contributed by atoms with E-state index in [-0.39, 0.29) is 37.9 Å². The molecule has 0 radical (unpaired) electrons. The van der Waals surface area contributed by atoms with Crippen LogP contribution in [0, 0.1) is 13.8 Å². The Balaban J connectivity index is 0.00000461. The van der Waals surface area contributed by atoms with Crippen LogP contribution < -0.4 is 10.2 Å². The largest absolute Gasteiger partial charge is 0.444 e. The molecule has 1 aromatic carbocycles. The number of anilines is 1. The van der Waals surface area contributed by atoms with Crippen LogP contribution in [0.3, 0.4) is 0 Å². The highest BCUT2D eigenvalue weighted by Gasteiger charge is 2.37. The second-order valence-corrected chi connectivity index (χ2v) is 12.3. The van der Waals surface area contributed by atoms with Crippen LogP contribution in [0.1, 0.15) is 67.3 Å². The average molecular weight is 651 g/mol. The van der Waals surface area contributed by atoms with Gasteiger partial charge in [-0.2, -0.15) is 26.7 Å². The molecule has 2 saturated heterocycles. The lowest BCUT2D eigenvalue weighted by molar-refractivity contribution is -0.138. The molecule has 2 amide bonds. The Kier molecular flexibility index (Phi) is 10.3. The van der Waals surface area contributed by atoms with Gasteiger partial charge < -0.3 is 19.7 Å². The predicted molar refractivity (Wildman–Crippen MR) is 168 cm³/mol. The van der Waals surface area contributed by atoms with E-state index in [9.17, 15) is 22.8 Å². The van der Waals surface area contributed by atoms with Crippen LogP contribution in [0.5, 0.6) is 0 Å². The Hall–Kier alpha value is -3.52. The number of hydrogen-bond acceptors (Lipinski definition) is 7. The molecule has 246 valence electrons. The summed E-state index contributed by atoms with van der Waals surface area (Å²) in [6.07, 6.45) is -3.75. The van der Waals surface area contributed by atoms with Gasteiger partial charge in [0, 0.05) is 26.1 Å². The normalized spacial score (nSPS) is 17.4. The first-order valence-corrected chi connectivity index (χ1v) is 14.9. The van der Waals surface area contributed by atoms with E-state index in [4.69, 9.17) is 19.6 Å². The second-order valence-electron chi connectivity index (χ2n) is 12.3. The summed E-state index contributed by atoms with van der Waals surface area (Å²) in [6, 6.07) is 5.39. The van der Waals surface area contributed by atoms with Gasteiger partial charge in [-0.05, 0) is 76.3 Å². The van der Waals surface area contributed by atoms with E-state index >= 15 is 0 Å². The van der Waals surface area contributed by atoms with Crippen molar-refractivity contribution in [2.45, 2.75) is 78.2 Å². The first kappa shape index (κ1) is 34.4. The van der Waals surface area contributed by atoms with Crippen molar-refractivity contribution in [1.29, 1.82) is 0 Å². The zero-order chi connectivity index (χ0) is 31.8. The molecule has 0 aliphatic carbocycles. The minimum Gasteiger partial charge on any atom is -0.444 e. The van der Waals surface area contributed by atoms with E-state index in [1.165, 1.54) is 17.9 Å². The lowest BCUT2D eigenvalue weighted by Gasteiger charge is -2.28. The number of carbonyl (C=O) groups is 2. The summed E-state index contributed by atoms with van der Waals surface area (Å²) in [6.45, 7) is 11.6. The molecule has 14 heteroatoms. The molecule has 2 aliphatic rings. The highest BCUT2D eigenvalue weighted by molar-refractivity contribution is 7.59. The maximum Gasteiger partial charge on any atom is 0.416 e. The SMILES string of the molecule is Cc1c(Cc2c(CNC(=O)[C@@H]3CCCN3C(=O)OC(C)(C)C)nc3c(C)cc(N4CCOCC4)nn23)cccc1C(F)(F)F.S. The molecule has 0 saturated carbocycles. The highest BCUT2D eigenvalue weighted by Crippen LogP contribution is 2.34. The van der Waals surface area contributed by atoms with Crippen molar-refractivity contribution in [2.24, 2.45) is 0 Å². The van der Waals surface area contributed by atoms with Crippen LogP contribution in [-0.4, -0.2) is 76.0 Å². The lowest BCUT2D eigenvalue weighted by atomic mass is 9.98. The summed E-state index contributed by atoms with van der Waals surface area (Å²) in [7, 11) is 0. The molecule has 2 aromatic heterocycles. The van der Waals surface area contributed by atoms with Crippen LogP contribution in [0.4, 0.5) is 23.8 Å². The molecule has 0 unspecified atom stereocenters. The van der Waals surface area contributed by atoms with Crippen molar-refractivity contribution in [1.82, 2.24) is 24.8 Å². The Morgan fingerprint density at radius 1 is 1.11 bits per heavy atom. The third-order valence-corrected chi connectivity index (χ3v) is 7.99. The molecule has 10 nitrogen and oxygen atoms in total. The number of morpholine rings is 1. The number of aryl methyl sites for hydroxylation is 1. The molecule has 0 bridgehead atoms. The number of alkyl halides is 3. The zero-order valence-corrected chi connectivity index (χ0v) is 27.3. The van der Waals surface area contributed by atoms with E-state index in [2.05, 4.69) is 10.2 Å². The topological polar surface area (TPSA) is 101 Å². The summed E-state index contributed by atoms with van der Waals surface area (Å²) >= 11 is 0. The molecule has 0 spiro atoms. The lowest BCUT2D eigenvalue weighted by Crippen LogP contribution is -2.47. The van der Waals surface area contributed by atoms with Gasteiger partial charge in [-0.3, -0.25) is 9.69 Å². The van der Waals surface area contributed by atoms with Crippen LogP contribution in [-0.2, 0) is 33.4 Å². The summed E-state index contributed by atoms with van der Waals surface area (Å²) in [5, 5.41) is 7.80. The van der Waals surface area contributed by atoms with Gasteiger partial charge >= 0.3 is 12.3 Å². The maximum absolute atomic E-state index is 13.8. The molecular formula is C31H41F3N6O4S. The second kappa shape index (κ2) is 13.5. The fraction of sp³-hybridized carbons (Fsp3) is 0.548. The monoisotopic (exact) mass is 650 g/mol. The first-order valence-electron chi connectivity index (χ1n) is 14.9. The smallest absolute Gasteiger partial charge is 0.416 e. The van der Waals surface area contributed by atoms with E-state index in [0.29, 0.717) is 74.1 Å². The number of likely N-dealkylation sites (tertiary alicyclic amines) is 1. The van der Waals surface area contributed by atoms with Crippen LogP contribution in [0.15, 0.2) is 24.3 Å². The Bertz CT molecular complexity index is 1550. The summed E-state index contributed by atoms with van der Waals surface area (Å²) in [5.41, 5.74) is 1.69. The van der Waals surface area contributed by atoms with Crippen molar-refractivity contribution in [3.05, 3.63) is 57.9 Å². The van der Waals surface area contributed by atoms with Crippen molar-refractivity contribution in [3.63, 3.8) is 0 Å². The molecule has 1 atom stereocenters. The number of rotatable bonds is 6. The molecule has 2 aliphatic heterocycles. The van der Waals surface area contributed by atoms with Gasteiger partial charge in [0.15, 0.2) is 5.65 Å². The quantitative estimate of drug-likeness (QED) is 0.404. The number of hydrogen-bond donors (Lipinski definition) is 1. The summed E-state index contributed by atoms with van der Waals surface area (Å²) in [5.74, 6) is 0.373. The summed E-state index contributed by atoms with van der Waals surface area (Å²) < 4.78 is 53.9. The van der Waals surface area contributed by atoms with E-state index in [0.717, 1.165) is 11.6 Å². The van der Waals surface area contributed by atoms with E-state index < -0.39 is 29.5 Å². The molecular weight excluding hydrogens is 609 g/mol. The minimum absolute atomic E-state index is 0. The van der Waals surface area contributed by atoms with Crippen LogP contribution in [0.2, 0.25) is 0 Å². The van der Waals surface area contributed by atoms with Crippen molar-refractivity contribution in [3.8, 4) is 0 Å². The summed E-state index contributed by atoms with van der Waals surface area (Å²) in [4.78, 5) is 34.5. The molecule has 45 heavy (non-hydrogen) atoms. The number of nitrogens with one attached hydrogen (secondary N) is 1. The number of carbonyl (C=O) groups excluding carboxylic acids is 2. The van der Waals surface area contributed by atoms with E-state index in [1.807, 2.05) is 13.0 Å². The number of halogens is 3. The van der Waals surface area contributed by atoms with Crippen LogP contribution in [0.25, 0.3) is 5.65 Å². The molecule has 5 rings (SSSR count).